The van der Waals surface area contributed by atoms with Crippen molar-refractivity contribution in [1.29, 1.82) is 0 Å². The Kier molecular flexibility index (Phi) is 8.67. The van der Waals surface area contributed by atoms with Crippen molar-refractivity contribution >= 4 is 28.8 Å². The summed E-state index contributed by atoms with van der Waals surface area (Å²) in [6, 6.07) is 18.2. The van der Waals surface area contributed by atoms with Gasteiger partial charge in [0.2, 0.25) is 0 Å². The summed E-state index contributed by atoms with van der Waals surface area (Å²) in [4.78, 5) is 31.0. The van der Waals surface area contributed by atoms with Crippen LogP contribution < -0.4 is 14.5 Å². The summed E-state index contributed by atoms with van der Waals surface area (Å²) in [7, 11) is 0. The number of rotatable bonds is 9. The lowest BCUT2D eigenvalue weighted by Gasteiger charge is -2.28. The van der Waals surface area contributed by atoms with Gasteiger partial charge in [-0.15, -0.1) is 0 Å². The van der Waals surface area contributed by atoms with E-state index < -0.39 is 17.7 Å². The zero-order valence-corrected chi connectivity index (χ0v) is 24.6. The average molecular weight is 541 g/mol. The van der Waals surface area contributed by atoms with Gasteiger partial charge in [-0.2, -0.15) is 0 Å². The van der Waals surface area contributed by atoms with Gasteiger partial charge in [-0.1, -0.05) is 38.1 Å². The average Bonchev–Trinajstić information content (AvgIpc) is 3.20. The molecule has 1 aliphatic rings. The molecule has 0 aromatic heterocycles. The maximum Gasteiger partial charge on any atom is 0.300 e. The van der Waals surface area contributed by atoms with E-state index in [2.05, 4.69) is 32.6 Å². The van der Waals surface area contributed by atoms with Gasteiger partial charge >= 0.3 is 0 Å². The molecule has 1 fully saturated rings. The lowest BCUT2D eigenvalue weighted by atomic mass is 9.94. The lowest BCUT2D eigenvalue weighted by Crippen LogP contribution is -2.30. The van der Waals surface area contributed by atoms with Gasteiger partial charge in [0, 0.05) is 30.0 Å². The first-order chi connectivity index (χ1) is 19.1. The normalized spacial score (nSPS) is 16.6. The van der Waals surface area contributed by atoms with E-state index in [9.17, 15) is 14.7 Å². The van der Waals surface area contributed by atoms with E-state index >= 15 is 0 Å². The highest BCUT2D eigenvalue weighted by atomic mass is 16.5. The van der Waals surface area contributed by atoms with Gasteiger partial charge < -0.3 is 14.7 Å². The SMILES string of the molecule is CCN(CC)c1ccc(C2/C(=C(\O)c3ccc(OCC(C)C)c(C)c3)C(=O)C(=O)N2c2cccc(C)c2C)cc1. The number of amides is 1. The number of aryl methyl sites for hydroxylation is 2. The zero-order chi connectivity index (χ0) is 29.1. The molecule has 1 unspecified atom stereocenters. The molecular weight excluding hydrogens is 500 g/mol. The van der Waals surface area contributed by atoms with Gasteiger partial charge in [-0.05, 0) is 99.2 Å². The Labute approximate surface area is 237 Å². The number of aliphatic hydroxyl groups is 1. The summed E-state index contributed by atoms with van der Waals surface area (Å²) in [5, 5.41) is 11.6. The Morgan fingerprint density at radius 2 is 1.62 bits per heavy atom. The number of aliphatic hydroxyl groups excluding tert-OH is 1. The van der Waals surface area contributed by atoms with Crippen LogP contribution in [0.4, 0.5) is 11.4 Å². The molecule has 210 valence electrons. The van der Waals surface area contributed by atoms with Crippen molar-refractivity contribution < 1.29 is 19.4 Å². The number of carbonyl (C=O) groups is 2. The molecule has 1 atom stereocenters. The number of hydrogen-bond donors (Lipinski definition) is 1. The van der Waals surface area contributed by atoms with Crippen molar-refractivity contribution in [1.82, 2.24) is 0 Å². The number of ether oxygens (including phenoxy) is 1. The van der Waals surface area contributed by atoms with E-state index in [1.807, 2.05) is 63.2 Å². The van der Waals surface area contributed by atoms with E-state index in [0.717, 1.165) is 46.8 Å². The van der Waals surface area contributed by atoms with E-state index in [-0.39, 0.29) is 11.3 Å². The topological polar surface area (TPSA) is 70.1 Å². The van der Waals surface area contributed by atoms with Crippen LogP contribution in [0.5, 0.6) is 5.75 Å². The monoisotopic (exact) mass is 540 g/mol. The Morgan fingerprint density at radius 1 is 0.950 bits per heavy atom. The molecule has 1 heterocycles. The zero-order valence-electron chi connectivity index (χ0n) is 24.6. The summed E-state index contributed by atoms with van der Waals surface area (Å²) in [6.07, 6.45) is 0. The molecule has 1 amide bonds. The first-order valence-corrected chi connectivity index (χ1v) is 14.0. The van der Waals surface area contributed by atoms with Crippen LogP contribution in [-0.4, -0.2) is 36.5 Å². The van der Waals surface area contributed by atoms with Crippen molar-refractivity contribution in [2.45, 2.75) is 54.5 Å². The van der Waals surface area contributed by atoms with Crippen molar-refractivity contribution in [3.63, 3.8) is 0 Å². The predicted molar refractivity (Wildman–Crippen MR) is 162 cm³/mol. The van der Waals surface area contributed by atoms with Crippen LogP contribution in [0.15, 0.2) is 66.2 Å². The van der Waals surface area contributed by atoms with Crippen LogP contribution in [0.2, 0.25) is 0 Å². The summed E-state index contributed by atoms with van der Waals surface area (Å²) in [6.45, 7) is 16.5. The van der Waals surface area contributed by atoms with E-state index in [4.69, 9.17) is 4.74 Å². The molecule has 3 aromatic rings. The Bertz CT molecular complexity index is 1430. The molecule has 3 aromatic carbocycles. The summed E-state index contributed by atoms with van der Waals surface area (Å²) in [5.74, 6) is -0.440. The fourth-order valence-corrected chi connectivity index (χ4v) is 5.22. The summed E-state index contributed by atoms with van der Waals surface area (Å²) >= 11 is 0. The fraction of sp³-hybridized carbons (Fsp3) is 0.353. The van der Waals surface area contributed by atoms with Crippen LogP contribution >= 0.6 is 0 Å². The summed E-state index contributed by atoms with van der Waals surface area (Å²) in [5.41, 5.74) is 5.80. The van der Waals surface area contributed by atoms with Gasteiger partial charge in [0.1, 0.15) is 11.5 Å². The maximum absolute atomic E-state index is 13.6. The Balaban J connectivity index is 1.87. The lowest BCUT2D eigenvalue weighted by molar-refractivity contribution is -0.132. The first kappa shape index (κ1) is 28.9. The number of anilines is 2. The van der Waals surface area contributed by atoms with Crippen LogP contribution in [-0.2, 0) is 9.59 Å². The van der Waals surface area contributed by atoms with Crippen molar-refractivity contribution in [2.24, 2.45) is 5.92 Å². The van der Waals surface area contributed by atoms with Gasteiger partial charge in [-0.3, -0.25) is 14.5 Å². The molecule has 1 N–H and O–H groups in total. The molecule has 6 heteroatoms. The minimum atomic E-state index is -0.775. The minimum Gasteiger partial charge on any atom is -0.507 e. The van der Waals surface area contributed by atoms with E-state index in [1.165, 1.54) is 4.90 Å². The van der Waals surface area contributed by atoms with E-state index in [1.54, 1.807) is 18.2 Å². The third-order valence-electron chi connectivity index (χ3n) is 7.64. The van der Waals surface area contributed by atoms with Crippen LogP contribution in [0.3, 0.4) is 0 Å². The standard InChI is InChI=1S/C34H40N2O4/c1-8-35(9-2)27-16-13-25(14-17-27)31-30(32(37)26-15-18-29(23(6)19-26)40-20-21(3)4)33(38)34(39)36(31)28-12-10-11-22(5)24(28)7/h10-19,21,31,37H,8-9,20H2,1-7H3/b32-30+. The second-order valence-corrected chi connectivity index (χ2v) is 10.8. The number of benzene rings is 3. The molecule has 0 saturated carbocycles. The second kappa shape index (κ2) is 12.0. The molecule has 1 aliphatic heterocycles. The Hall–Kier alpha value is -4.06. The van der Waals surface area contributed by atoms with Gasteiger partial charge in [0.15, 0.2) is 0 Å². The molecule has 0 radical (unpaired) electrons. The largest absolute Gasteiger partial charge is 0.507 e. The van der Waals surface area contributed by atoms with Crippen LogP contribution in [0.25, 0.3) is 5.76 Å². The first-order valence-electron chi connectivity index (χ1n) is 14.0. The molecular formula is C34H40N2O4. The predicted octanol–water partition coefficient (Wildman–Crippen LogP) is 7.12. The third kappa shape index (κ3) is 5.48. The van der Waals surface area contributed by atoms with Gasteiger partial charge in [0.05, 0.1) is 18.2 Å². The summed E-state index contributed by atoms with van der Waals surface area (Å²) < 4.78 is 5.90. The maximum atomic E-state index is 13.6. The number of nitrogens with zero attached hydrogens (tertiary/aromatic N) is 2. The highest BCUT2D eigenvalue weighted by Crippen LogP contribution is 2.44. The Morgan fingerprint density at radius 3 is 2.23 bits per heavy atom. The molecule has 6 nitrogen and oxygen atoms in total. The molecule has 4 rings (SSSR count). The molecule has 1 saturated heterocycles. The number of ketones is 1. The molecule has 0 aliphatic carbocycles. The van der Waals surface area contributed by atoms with Crippen LogP contribution in [0, 0.1) is 26.7 Å². The fourth-order valence-electron chi connectivity index (χ4n) is 5.22. The quantitative estimate of drug-likeness (QED) is 0.178. The van der Waals surface area contributed by atoms with Crippen molar-refractivity contribution in [2.75, 3.05) is 29.5 Å². The third-order valence-corrected chi connectivity index (χ3v) is 7.64. The number of carbonyl (C=O) groups excluding carboxylic acids is 2. The number of Topliss-reactive ketones (excluding diaryl/α,β-unsaturated/α-hetero) is 1. The highest BCUT2D eigenvalue weighted by molar-refractivity contribution is 6.51. The smallest absolute Gasteiger partial charge is 0.300 e. The van der Waals surface area contributed by atoms with Crippen LogP contribution in [0.1, 0.15) is 61.6 Å². The highest BCUT2D eigenvalue weighted by Gasteiger charge is 2.47. The molecule has 0 spiro atoms. The van der Waals surface area contributed by atoms with Gasteiger partial charge in [0.25, 0.3) is 11.7 Å². The second-order valence-electron chi connectivity index (χ2n) is 10.8. The molecule has 40 heavy (non-hydrogen) atoms. The van der Waals surface area contributed by atoms with Crippen molar-refractivity contribution in [3.05, 3.63) is 94.1 Å². The van der Waals surface area contributed by atoms with Crippen molar-refractivity contribution in [3.8, 4) is 5.75 Å². The van der Waals surface area contributed by atoms with E-state index in [0.29, 0.717) is 23.8 Å². The van der Waals surface area contributed by atoms with Gasteiger partial charge in [-0.25, -0.2) is 0 Å². The number of hydrogen-bond acceptors (Lipinski definition) is 5. The molecule has 0 bridgehead atoms. The minimum absolute atomic E-state index is 0.0803.